The minimum Gasteiger partial charge on any atom is -0.493 e. The van der Waals surface area contributed by atoms with E-state index in [0.29, 0.717) is 17.2 Å². The molecule has 0 radical (unpaired) electrons. The number of carbonyl (C=O) groups excluding carboxylic acids is 2. The first-order chi connectivity index (χ1) is 16.8. The van der Waals surface area contributed by atoms with Crippen molar-refractivity contribution in [3.63, 3.8) is 0 Å². The van der Waals surface area contributed by atoms with Crippen molar-refractivity contribution in [1.29, 1.82) is 0 Å². The molecule has 1 amide bonds. The molecule has 0 aliphatic rings. The number of methoxy groups -OCH3 is 2. The molecule has 0 aromatic heterocycles. The van der Waals surface area contributed by atoms with Gasteiger partial charge < -0.3 is 19.5 Å². The topological polar surface area (TPSA) is 111 Å². The van der Waals surface area contributed by atoms with Crippen molar-refractivity contribution in [2.75, 3.05) is 32.2 Å². The van der Waals surface area contributed by atoms with Gasteiger partial charge in [-0.05, 0) is 54.1 Å². The van der Waals surface area contributed by atoms with Crippen molar-refractivity contribution in [1.82, 2.24) is 5.32 Å². The molecule has 3 aromatic rings. The number of rotatable bonds is 10. The van der Waals surface area contributed by atoms with Gasteiger partial charge in [-0.1, -0.05) is 24.3 Å². The number of ether oxygens (including phenoxy) is 3. The Labute approximate surface area is 204 Å². The monoisotopic (exact) mass is 498 g/mol. The van der Waals surface area contributed by atoms with E-state index in [1.807, 2.05) is 0 Å². The van der Waals surface area contributed by atoms with Crippen LogP contribution in [0.4, 0.5) is 5.69 Å². The lowest BCUT2D eigenvalue weighted by Gasteiger charge is -2.19. The second-order valence-electron chi connectivity index (χ2n) is 7.37. The van der Waals surface area contributed by atoms with Gasteiger partial charge >= 0.3 is 5.97 Å². The molecule has 0 aliphatic carbocycles. The van der Waals surface area contributed by atoms with Gasteiger partial charge in [0.25, 0.3) is 15.9 Å². The van der Waals surface area contributed by atoms with E-state index >= 15 is 0 Å². The molecular formula is C25H26N2O7S. The predicted molar refractivity (Wildman–Crippen MR) is 130 cm³/mol. The number of para-hydroxylation sites is 1. The largest absolute Gasteiger partial charge is 0.493 e. The lowest BCUT2D eigenvalue weighted by molar-refractivity contribution is -0.124. The van der Waals surface area contributed by atoms with Crippen molar-refractivity contribution in [2.24, 2.45) is 0 Å². The first kappa shape index (κ1) is 25.6. The highest BCUT2D eigenvalue weighted by Gasteiger charge is 2.22. The summed E-state index contributed by atoms with van der Waals surface area (Å²) in [6.07, 6.45) is 0. The Kier molecular flexibility index (Phi) is 8.32. The van der Waals surface area contributed by atoms with Crippen LogP contribution < -0.4 is 19.1 Å². The first-order valence-electron chi connectivity index (χ1n) is 10.5. The van der Waals surface area contributed by atoms with E-state index in [0.717, 1.165) is 9.87 Å². The Balaban J connectivity index is 1.54. The molecule has 1 N–H and O–H groups in total. The van der Waals surface area contributed by atoms with Crippen LogP contribution in [0.15, 0.2) is 77.7 Å². The predicted octanol–water partition coefficient (Wildman–Crippen LogP) is 3.00. The maximum atomic E-state index is 12.8. The number of nitrogens with zero attached hydrogens (tertiary/aromatic N) is 1. The van der Waals surface area contributed by atoms with E-state index in [9.17, 15) is 18.0 Å². The minimum atomic E-state index is -3.80. The van der Waals surface area contributed by atoms with E-state index in [1.165, 1.54) is 45.5 Å². The summed E-state index contributed by atoms with van der Waals surface area (Å²) in [5, 5.41) is 2.65. The molecule has 184 valence electrons. The smallest absolute Gasteiger partial charge is 0.338 e. The van der Waals surface area contributed by atoms with Crippen molar-refractivity contribution in [3.8, 4) is 11.5 Å². The summed E-state index contributed by atoms with van der Waals surface area (Å²) in [7, 11) is 0.697. The van der Waals surface area contributed by atoms with E-state index in [1.54, 1.807) is 48.5 Å². The van der Waals surface area contributed by atoms with Crippen LogP contribution in [0.5, 0.6) is 11.5 Å². The number of hydrogen-bond donors (Lipinski definition) is 1. The summed E-state index contributed by atoms with van der Waals surface area (Å²) in [6, 6.07) is 19.2. The number of anilines is 1. The Morgan fingerprint density at radius 3 is 2.17 bits per heavy atom. The van der Waals surface area contributed by atoms with Crippen LogP contribution in [0.25, 0.3) is 0 Å². The highest BCUT2D eigenvalue weighted by molar-refractivity contribution is 7.92. The lowest BCUT2D eigenvalue weighted by atomic mass is 10.2. The Morgan fingerprint density at radius 1 is 0.886 bits per heavy atom. The van der Waals surface area contributed by atoms with Gasteiger partial charge in [0, 0.05) is 13.6 Å². The molecule has 0 aliphatic heterocycles. The van der Waals surface area contributed by atoms with Gasteiger partial charge in [0.2, 0.25) is 0 Å². The van der Waals surface area contributed by atoms with E-state index in [2.05, 4.69) is 5.32 Å². The molecule has 0 saturated carbocycles. The van der Waals surface area contributed by atoms with Crippen molar-refractivity contribution in [2.45, 2.75) is 11.4 Å². The first-order valence-corrected chi connectivity index (χ1v) is 12.0. The van der Waals surface area contributed by atoms with Gasteiger partial charge in [0.05, 0.1) is 30.4 Å². The SMILES string of the molecule is COc1ccc(CNC(=O)COC(=O)c2ccc(S(=O)(=O)N(C)c3ccccc3)cc2)cc1OC. The summed E-state index contributed by atoms with van der Waals surface area (Å²) in [5.41, 5.74) is 1.41. The molecule has 10 heteroatoms. The number of amides is 1. The van der Waals surface area contributed by atoms with Crippen LogP contribution in [0.1, 0.15) is 15.9 Å². The summed E-state index contributed by atoms with van der Waals surface area (Å²) >= 11 is 0. The van der Waals surface area contributed by atoms with E-state index in [-0.39, 0.29) is 17.0 Å². The summed E-state index contributed by atoms with van der Waals surface area (Å²) < 4.78 is 42.3. The fourth-order valence-corrected chi connectivity index (χ4v) is 4.35. The lowest BCUT2D eigenvalue weighted by Crippen LogP contribution is -2.28. The fourth-order valence-electron chi connectivity index (χ4n) is 3.15. The number of hydrogen-bond acceptors (Lipinski definition) is 7. The third-order valence-corrected chi connectivity index (χ3v) is 6.94. The maximum absolute atomic E-state index is 12.8. The molecule has 0 atom stereocenters. The van der Waals surface area contributed by atoms with E-state index in [4.69, 9.17) is 14.2 Å². The van der Waals surface area contributed by atoms with Crippen LogP contribution in [0.2, 0.25) is 0 Å². The van der Waals surface area contributed by atoms with Crippen LogP contribution in [-0.2, 0) is 26.1 Å². The molecule has 0 unspecified atom stereocenters. The highest BCUT2D eigenvalue weighted by atomic mass is 32.2. The van der Waals surface area contributed by atoms with Gasteiger partial charge in [-0.2, -0.15) is 0 Å². The Hall–Kier alpha value is -4.05. The number of nitrogens with one attached hydrogen (secondary N) is 1. The van der Waals surface area contributed by atoms with Crippen LogP contribution >= 0.6 is 0 Å². The quantitative estimate of drug-likeness (QED) is 0.428. The number of sulfonamides is 1. The highest BCUT2D eigenvalue weighted by Crippen LogP contribution is 2.27. The van der Waals surface area contributed by atoms with Crippen LogP contribution in [-0.4, -0.2) is 48.2 Å². The summed E-state index contributed by atoms with van der Waals surface area (Å²) in [5.74, 6) is -0.128. The molecule has 9 nitrogen and oxygen atoms in total. The molecule has 35 heavy (non-hydrogen) atoms. The third kappa shape index (κ3) is 6.30. The van der Waals surface area contributed by atoms with Gasteiger partial charge in [0.1, 0.15) is 0 Å². The summed E-state index contributed by atoms with van der Waals surface area (Å²) in [6.45, 7) is -0.277. The van der Waals surface area contributed by atoms with Crippen LogP contribution in [0.3, 0.4) is 0 Å². The zero-order valence-electron chi connectivity index (χ0n) is 19.6. The fraction of sp³-hybridized carbons (Fsp3) is 0.200. The van der Waals surface area contributed by atoms with Crippen molar-refractivity contribution >= 4 is 27.6 Å². The molecule has 0 heterocycles. The minimum absolute atomic E-state index is 0.0214. The van der Waals surface area contributed by atoms with Crippen molar-refractivity contribution in [3.05, 3.63) is 83.9 Å². The molecule has 3 aromatic carbocycles. The number of carbonyl (C=O) groups is 2. The van der Waals surface area contributed by atoms with Crippen LogP contribution in [0, 0.1) is 0 Å². The normalized spacial score (nSPS) is 10.8. The van der Waals surface area contributed by atoms with Gasteiger partial charge in [-0.3, -0.25) is 9.10 Å². The van der Waals surface area contributed by atoms with Gasteiger partial charge in [-0.25, -0.2) is 13.2 Å². The van der Waals surface area contributed by atoms with Gasteiger partial charge in [0.15, 0.2) is 18.1 Å². The van der Waals surface area contributed by atoms with E-state index < -0.39 is 28.5 Å². The molecular weight excluding hydrogens is 472 g/mol. The summed E-state index contributed by atoms with van der Waals surface area (Å²) in [4.78, 5) is 24.4. The Morgan fingerprint density at radius 2 is 1.54 bits per heavy atom. The molecule has 3 rings (SSSR count). The Bertz CT molecular complexity index is 1280. The van der Waals surface area contributed by atoms with Gasteiger partial charge in [-0.15, -0.1) is 0 Å². The molecule has 0 bridgehead atoms. The zero-order chi connectivity index (χ0) is 25.4. The van der Waals surface area contributed by atoms with Crippen molar-refractivity contribution < 1.29 is 32.2 Å². The number of esters is 1. The molecule has 0 saturated heterocycles. The maximum Gasteiger partial charge on any atom is 0.338 e. The molecule has 0 fully saturated rings. The average molecular weight is 499 g/mol. The standard InChI is InChI=1S/C25H26N2O7S/c1-27(20-7-5-4-6-8-20)35(30,31)21-12-10-19(11-13-21)25(29)34-17-24(28)26-16-18-9-14-22(32-2)23(15-18)33-3/h4-15H,16-17H2,1-3H3,(H,26,28). The second-order valence-corrected chi connectivity index (χ2v) is 9.34. The second kappa shape index (κ2) is 11.4. The molecule has 0 spiro atoms. The zero-order valence-corrected chi connectivity index (χ0v) is 20.4. The number of benzene rings is 3. The average Bonchev–Trinajstić information content (AvgIpc) is 2.90. The third-order valence-electron chi connectivity index (χ3n) is 5.14.